The van der Waals surface area contributed by atoms with Gasteiger partial charge >= 0.3 is 0 Å². The van der Waals surface area contributed by atoms with Gasteiger partial charge in [-0.1, -0.05) is 0 Å². The van der Waals surface area contributed by atoms with Crippen LogP contribution in [-0.2, 0) is 13.6 Å². The van der Waals surface area contributed by atoms with E-state index in [9.17, 15) is 0 Å². The lowest BCUT2D eigenvalue weighted by atomic mass is 10.3. The number of rotatable bonds is 3. The molecular formula is C12H11BrN6. The molecule has 0 aliphatic heterocycles. The number of anilines is 1. The van der Waals surface area contributed by atoms with Crippen LogP contribution in [0.25, 0.3) is 11.0 Å². The average Bonchev–Trinajstić information content (AvgIpc) is 2.81. The van der Waals surface area contributed by atoms with Gasteiger partial charge in [-0.25, -0.2) is 0 Å². The maximum Gasteiger partial charge on any atom is 0.151 e. The molecule has 0 unspecified atom stereocenters. The molecule has 3 aromatic rings. The summed E-state index contributed by atoms with van der Waals surface area (Å²) in [5, 5.41) is 11.2. The number of halogens is 1. The van der Waals surface area contributed by atoms with Crippen LogP contribution in [0, 0.1) is 0 Å². The molecule has 0 aliphatic carbocycles. The normalized spacial score (nSPS) is 10.8. The molecule has 7 heteroatoms. The van der Waals surface area contributed by atoms with E-state index in [1.807, 2.05) is 23.7 Å². The monoisotopic (exact) mass is 318 g/mol. The molecule has 0 fully saturated rings. The maximum atomic E-state index is 4.39. The number of hydrogen-bond acceptors (Lipinski definition) is 5. The van der Waals surface area contributed by atoms with E-state index in [2.05, 4.69) is 41.4 Å². The van der Waals surface area contributed by atoms with Gasteiger partial charge in [-0.3, -0.25) is 9.97 Å². The Hall–Kier alpha value is -2.02. The minimum absolute atomic E-state index is 0.591. The van der Waals surface area contributed by atoms with Crippen LogP contribution in [0.4, 0.5) is 5.69 Å². The summed E-state index contributed by atoms with van der Waals surface area (Å²) < 4.78 is 2.79. The summed E-state index contributed by atoms with van der Waals surface area (Å²) in [5.41, 5.74) is 2.62. The lowest BCUT2D eigenvalue weighted by Gasteiger charge is -2.08. The predicted molar refractivity (Wildman–Crippen MR) is 75.6 cm³/mol. The van der Waals surface area contributed by atoms with E-state index in [0.717, 1.165) is 27.0 Å². The number of aryl methyl sites for hydroxylation is 1. The van der Waals surface area contributed by atoms with Gasteiger partial charge in [0, 0.05) is 23.9 Å². The zero-order valence-corrected chi connectivity index (χ0v) is 11.8. The molecule has 3 heterocycles. The summed E-state index contributed by atoms with van der Waals surface area (Å²) in [7, 11) is 1.91. The molecule has 6 nitrogen and oxygen atoms in total. The molecule has 0 bridgehead atoms. The van der Waals surface area contributed by atoms with Gasteiger partial charge in [0.1, 0.15) is 11.8 Å². The second kappa shape index (κ2) is 4.93. The SMILES string of the molecule is Cn1cnnc1CNc1ccnc2cc(Br)cnc12. The highest BCUT2D eigenvalue weighted by Gasteiger charge is 2.05. The average molecular weight is 319 g/mol. The van der Waals surface area contributed by atoms with Gasteiger partial charge in [0.25, 0.3) is 0 Å². The Morgan fingerprint density at radius 1 is 1.37 bits per heavy atom. The zero-order valence-electron chi connectivity index (χ0n) is 10.2. The molecule has 19 heavy (non-hydrogen) atoms. The van der Waals surface area contributed by atoms with Crippen molar-refractivity contribution in [2.75, 3.05) is 5.32 Å². The van der Waals surface area contributed by atoms with Crippen molar-refractivity contribution in [3.8, 4) is 0 Å². The molecule has 96 valence electrons. The van der Waals surface area contributed by atoms with Crippen LogP contribution in [0.5, 0.6) is 0 Å². The van der Waals surface area contributed by atoms with E-state index in [-0.39, 0.29) is 0 Å². The molecule has 0 amide bonds. The Morgan fingerprint density at radius 2 is 2.26 bits per heavy atom. The first-order valence-electron chi connectivity index (χ1n) is 5.71. The van der Waals surface area contributed by atoms with Crippen LogP contribution in [-0.4, -0.2) is 24.7 Å². The third-order valence-corrected chi connectivity index (χ3v) is 3.22. The largest absolute Gasteiger partial charge is 0.376 e. The number of hydrogen-bond donors (Lipinski definition) is 1. The summed E-state index contributed by atoms with van der Waals surface area (Å²) in [6.07, 6.45) is 5.20. The van der Waals surface area contributed by atoms with Gasteiger partial charge in [0.15, 0.2) is 5.82 Å². The summed E-state index contributed by atoms with van der Waals surface area (Å²) in [6.45, 7) is 0.591. The van der Waals surface area contributed by atoms with Crippen molar-refractivity contribution < 1.29 is 0 Å². The number of aromatic nitrogens is 5. The first kappa shape index (κ1) is 12.0. The first-order valence-corrected chi connectivity index (χ1v) is 6.50. The van der Waals surface area contributed by atoms with Crippen molar-refractivity contribution in [1.29, 1.82) is 0 Å². The summed E-state index contributed by atoms with van der Waals surface area (Å²) in [5.74, 6) is 0.863. The lowest BCUT2D eigenvalue weighted by molar-refractivity contribution is 0.812. The Labute approximate surface area is 118 Å². The van der Waals surface area contributed by atoms with Crippen LogP contribution in [0.15, 0.2) is 35.3 Å². The molecule has 1 N–H and O–H groups in total. The van der Waals surface area contributed by atoms with E-state index in [4.69, 9.17) is 0 Å². The van der Waals surface area contributed by atoms with Crippen molar-refractivity contribution in [3.05, 3.63) is 41.2 Å². The van der Waals surface area contributed by atoms with E-state index < -0.39 is 0 Å². The Balaban J connectivity index is 1.91. The highest BCUT2D eigenvalue weighted by molar-refractivity contribution is 9.10. The molecule has 3 aromatic heterocycles. The Morgan fingerprint density at radius 3 is 3.05 bits per heavy atom. The highest BCUT2D eigenvalue weighted by Crippen LogP contribution is 2.22. The van der Waals surface area contributed by atoms with Gasteiger partial charge in [-0.05, 0) is 28.1 Å². The van der Waals surface area contributed by atoms with Crippen LogP contribution >= 0.6 is 15.9 Å². The van der Waals surface area contributed by atoms with Crippen molar-refractivity contribution >= 4 is 32.7 Å². The Bertz CT molecular complexity index is 723. The first-order chi connectivity index (χ1) is 9.24. The van der Waals surface area contributed by atoms with E-state index in [0.29, 0.717) is 6.54 Å². The van der Waals surface area contributed by atoms with Crippen molar-refractivity contribution in [1.82, 2.24) is 24.7 Å². The number of nitrogens with one attached hydrogen (secondary N) is 1. The molecule has 0 saturated heterocycles. The van der Waals surface area contributed by atoms with Crippen molar-refractivity contribution in [2.45, 2.75) is 6.54 Å². The minimum Gasteiger partial charge on any atom is -0.376 e. The number of pyridine rings is 2. The maximum absolute atomic E-state index is 4.39. The molecule has 3 rings (SSSR count). The van der Waals surface area contributed by atoms with E-state index in [1.165, 1.54) is 0 Å². The highest BCUT2D eigenvalue weighted by atomic mass is 79.9. The van der Waals surface area contributed by atoms with Gasteiger partial charge in [0.2, 0.25) is 0 Å². The number of nitrogens with zero attached hydrogens (tertiary/aromatic N) is 5. The second-order valence-electron chi connectivity index (χ2n) is 4.09. The van der Waals surface area contributed by atoms with Crippen LogP contribution in [0.2, 0.25) is 0 Å². The molecular weight excluding hydrogens is 308 g/mol. The third kappa shape index (κ3) is 2.41. The third-order valence-electron chi connectivity index (χ3n) is 2.79. The van der Waals surface area contributed by atoms with Gasteiger partial charge in [0.05, 0.1) is 17.7 Å². The predicted octanol–water partition coefficient (Wildman–Crippen LogP) is 2.13. The van der Waals surface area contributed by atoms with E-state index in [1.54, 1.807) is 18.7 Å². The van der Waals surface area contributed by atoms with Gasteiger partial charge < -0.3 is 9.88 Å². The Kier molecular flexibility index (Phi) is 3.12. The molecule has 0 atom stereocenters. The number of fused-ring (bicyclic) bond motifs is 1. The molecule has 0 spiro atoms. The minimum atomic E-state index is 0.591. The molecule has 0 radical (unpaired) electrons. The van der Waals surface area contributed by atoms with Crippen molar-refractivity contribution in [3.63, 3.8) is 0 Å². The zero-order chi connectivity index (χ0) is 13.2. The quantitative estimate of drug-likeness (QED) is 0.801. The topological polar surface area (TPSA) is 68.5 Å². The molecule has 0 aliphatic rings. The van der Waals surface area contributed by atoms with Gasteiger partial charge in [-0.2, -0.15) is 0 Å². The van der Waals surface area contributed by atoms with Crippen molar-refractivity contribution in [2.24, 2.45) is 7.05 Å². The standard InChI is InChI=1S/C12H11BrN6/c1-19-7-17-18-11(19)6-15-9-2-3-14-10-4-8(13)5-16-12(9)10/h2-5,7H,6H2,1H3,(H,14,15). The smallest absolute Gasteiger partial charge is 0.151 e. The van der Waals surface area contributed by atoms with Crippen LogP contribution in [0.1, 0.15) is 5.82 Å². The fourth-order valence-corrected chi connectivity index (χ4v) is 2.11. The van der Waals surface area contributed by atoms with Crippen LogP contribution < -0.4 is 5.32 Å². The summed E-state index contributed by atoms with van der Waals surface area (Å²) in [6, 6.07) is 3.84. The molecule has 0 aromatic carbocycles. The lowest BCUT2D eigenvalue weighted by Crippen LogP contribution is -2.06. The summed E-state index contributed by atoms with van der Waals surface area (Å²) >= 11 is 3.39. The van der Waals surface area contributed by atoms with Gasteiger partial charge in [-0.15, -0.1) is 10.2 Å². The second-order valence-corrected chi connectivity index (χ2v) is 5.01. The fraction of sp³-hybridized carbons (Fsp3) is 0.167. The summed E-state index contributed by atoms with van der Waals surface area (Å²) in [4.78, 5) is 8.69. The fourth-order valence-electron chi connectivity index (χ4n) is 1.79. The van der Waals surface area contributed by atoms with Crippen LogP contribution in [0.3, 0.4) is 0 Å². The van der Waals surface area contributed by atoms with E-state index >= 15 is 0 Å². The molecule has 0 saturated carbocycles.